The highest BCUT2D eigenvalue weighted by molar-refractivity contribution is 5.78. The highest BCUT2D eigenvalue weighted by Crippen LogP contribution is 2.19. The molecule has 4 heteroatoms. The Morgan fingerprint density at radius 3 is 2.79 bits per heavy atom. The molecule has 0 aromatic rings. The van der Waals surface area contributed by atoms with Crippen LogP contribution >= 0.6 is 0 Å². The SMILES string of the molecule is CCNC(C)(CCCN1CCCCCC1C)C(=O)O. The van der Waals surface area contributed by atoms with E-state index in [1.165, 1.54) is 32.2 Å². The number of likely N-dealkylation sites (N-methyl/N-ethyl adjacent to an activating group) is 1. The van der Waals surface area contributed by atoms with Crippen LogP contribution in [0.2, 0.25) is 0 Å². The predicted molar refractivity (Wildman–Crippen MR) is 78.5 cm³/mol. The molecule has 1 aliphatic heterocycles. The van der Waals surface area contributed by atoms with E-state index in [4.69, 9.17) is 0 Å². The van der Waals surface area contributed by atoms with Crippen molar-refractivity contribution in [2.24, 2.45) is 0 Å². The van der Waals surface area contributed by atoms with Crippen LogP contribution in [-0.4, -0.2) is 47.2 Å². The van der Waals surface area contributed by atoms with Crippen LogP contribution in [0, 0.1) is 0 Å². The van der Waals surface area contributed by atoms with Gasteiger partial charge in [-0.3, -0.25) is 4.79 Å². The summed E-state index contributed by atoms with van der Waals surface area (Å²) in [7, 11) is 0. The summed E-state index contributed by atoms with van der Waals surface area (Å²) in [5, 5.41) is 12.4. The number of carbonyl (C=O) groups is 1. The molecule has 1 fully saturated rings. The number of nitrogens with one attached hydrogen (secondary N) is 1. The Morgan fingerprint density at radius 2 is 2.16 bits per heavy atom. The van der Waals surface area contributed by atoms with E-state index in [0.29, 0.717) is 19.0 Å². The van der Waals surface area contributed by atoms with Gasteiger partial charge in [-0.1, -0.05) is 19.8 Å². The fourth-order valence-electron chi connectivity index (χ4n) is 2.96. The highest BCUT2D eigenvalue weighted by Gasteiger charge is 2.31. The number of likely N-dealkylation sites (tertiary alicyclic amines) is 1. The van der Waals surface area contributed by atoms with Gasteiger partial charge in [0.25, 0.3) is 0 Å². The van der Waals surface area contributed by atoms with Gasteiger partial charge in [0.15, 0.2) is 0 Å². The average molecular weight is 270 g/mol. The van der Waals surface area contributed by atoms with E-state index in [9.17, 15) is 9.90 Å². The molecule has 4 nitrogen and oxygen atoms in total. The largest absolute Gasteiger partial charge is 0.480 e. The molecule has 2 N–H and O–H groups in total. The Morgan fingerprint density at radius 1 is 1.42 bits per heavy atom. The normalized spacial score (nSPS) is 24.7. The van der Waals surface area contributed by atoms with Crippen molar-refractivity contribution in [3.8, 4) is 0 Å². The summed E-state index contributed by atoms with van der Waals surface area (Å²) in [5.41, 5.74) is -0.774. The minimum Gasteiger partial charge on any atom is -0.480 e. The number of aliphatic carboxylic acids is 1. The molecule has 19 heavy (non-hydrogen) atoms. The smallest absolute Gasteiger partial charge is 0.323 e. The molecule has 0 spiro atoms. The lowest BCUT2D eigenvalue weighted by molar-refractivity contribution is -0.144. The third kappa shape index (κ3) is 5.11. The van der Waals surface area contributed by atoms with Gasteiger partial charge in [-0.2, -0.15) is 0 Å². The van der Waals surface area contributed by atoms with Gasteiger partial charge < -0.3 is 15.3 Å². The molecule has 0 saturated carbocycles. The lowest BCUT2D eigenvalue weighted by Gasteiger charge is -2.30. The zero-order valence-electron chi connectivity index (χ0n) is 12.7. The monoisotopic (exact) mass is 270 g/mol. The quantitative estimate of drug-likeness (QED) is 0.746. The van der Waals surface area contributed by atoms with Crippen molar-refractivity contribution in [3.05, 3.63) is 0 Å². The second-order valence-corrected chi connectivity index (χ2v) is 6.01. The Balaban J connectivity index is 2.40. The van der Waals surface area contributed by atoms with Gasteiger partial charge in [-0.25, -0.2) is 0 Å². The van der Waals surface area contributed by atoms with Crippen molar-refractivity contribution in [3.63, 3.8) is 0 Å². The van der Waals surface area contributed by atoms with Gasteiger partial charge in [0.2, 0.25) is 0 Å². The summed E-state index contributed by atoms with van der Waals surface area (Å²) < 4.78 is 0. The maximum Gasteiger partial charge on any atom is 0.323 e. The first-order valence-corrected chi connectivity index (χ1v) is 7.72. The molecule has 0 aromatic heterocycles. The summed E-state index contributed by atoms with van der Waals surface area (Å²) in [4.78, 5) is 13.9. The Labute approximate surface area is 117 Å². The second-order valence-electron chi connectivity index (χ2n) is 6.01. The summed E-state index contributed by atoms with van der Waals surface area (Å²) in [5.74, 6) is -0.738. The fraction of sp³-hybridized carbons (Fsp3) is 0.933. The van der Waals surface area contributed by atoms with E-state index in [1.54, 1.807) is 6.92 Å². The van der Waals surface area contributed by atoms with E-state index in [1.807, 2.05) is 6.92 Å². The molecule has 2 unspecified atom stereocenters. The van der Waals surface area contributed by atoms with Gasteiger partial charge in [0, 0.05) is 6.04 Å². The molecule has 1 aliphatic rings. The molecule has 0 bridgehead atoms. The highest BCUT2D eigenvalue weighted by atomic mass is 16.4. The van der Waals surface area contributed by atoms with Crippen LogP contribution in [-0.2, 0) is 4.79 Å². The molecule has 0 aliphatic carbocycles. The van der Waals surface area contributed by atoms with E-state index in [-0.39, 0.29) is 0 Å². The van der Waals surface area contributed by atoms with Gasteiger partial charge in [0.05, 0.1) is 0 Å². The maximum absolute atomic E-state index is 11.3. The number of nitrogens with zero attached hydrogens (tertiary/aromatic N) is 1. The second kappa shape index (κ2) is 7.85. The molecule has 1 saturated heterocycles. The van der Waals surface area contributed by atoms with Gasteiger partial charge in [-0.05, 0) is 59.2 Å². The summed E-state index contributed by atoms with van der Waals surface area (Å²) in [6.07, 6.45) is 6.88. The van der Waals surface area contributed by atoms with E-state index in [2.05, 4.69) is 17.1 Å². The zero-order chi connectivity index (χ0) is 14.3. The first kappa shape index (κ1) is 16.4. The third-order valence-electron chi connectivity index (χ3n) is 4.35. The van der Waals surface area contributed by atoms with E-state index >= 15 is 0 Å². The number of carboxylic acid groups (broad SMARTS) is 1. The first-order chi connectivity index (χ1) is 8.99. The fourth-order valence-corrected chi connectivity index (χ4v) is 2.96. The van der Waals surface area contributed by atoms with Crippen molar-refractivity contribution < 1.29 is 9.90 Å². The minimum atomic E-state index is -0.774. The van der Waals surface area contributed by atoms with Crippen molar-refractivity contribution in [1.29, 1.82) is 0 Å². The Bertz CT molecular complexity index is 283. The zero-order valence-corrected chi connectivity index (χ0v) is 12.7. The van der Waals surface area contributed by atoms with Crippen molar-refractivity contribution >= 4 is 5.97 Å². The third-order valence-corrected chi connectivity index (χ3v) is 4.35. The molecule has 112 valence electrons. The lowest BCUT2D eigenvalue weighted by Crippen LogP contribution is -2.49. The predicted octanol–water partition coefficient (Wildman–Crippen LogP) is 2.48. The summed E-state index contributed by atoms with van der Waals surface area (Å²) in [6.45, 7) is 8.94. The van der Waals surface area contributed by atoms with Crippen LogP contribution in [0.5, 0.6) is 0 Å². The first-order valence-electron chi connectivity index (χ1n) is 7.72. The number of rotatable bonds is 7. The molecule has 0 aromatic carbocycles. The molecule has 1 heterocycles. The maximum atomic E-state index is 11.3. The molecule has 0 amide bonds. The van der Waals surface area contributed by atoms with Crippen molar-refractivity contribution in [2.75, 3.05) is 19.6 Å². The molecule has 2 atom stereocenters. The number of hydrogen-bond donors (Lipinski definition) is 2. The molecule has 1 rings (SSSR count). The number of carboxylic acids is 1. The summed E-state index contributed by atoms with van der Waals surface area (Å²) >= 11 is 0. The Kier molecular flexibility index (Phi) is 6.80. The van der Waals surface area contributed by atoms with Crippen LogP contribution in [0.4, 0.5) is 0 Å². The van der Waals surface area contributed by atoms with Crippen LogP contribution < -0.4 is 5.32 Å². The lowest BCUT2D eigenvalue weighted by atomic mass is 9.95. The van der Waals surface area contributed by atoms with Crippen LogP contribution in [0.15, 0.2) is 0 Å². The topological polar surface area (TPSA) is 52.6 Å². The van der Waals surface area contributed by atoms with Gasteiger partial charge in [-0.15, -0.1) is 0 Å². The number of hydrogen-bond acceptors (Lipinski definition) is 3. The average Bonchev–Trinajstić information content (AvgIpc) is 2.55. The van der Waals surface area contributed by atoms with E-state index in [0.717, 1.165) is 13.0 Å². The van der Waals surface area contributed by atoms with E-state index < -0.39 is 11.5 Å². The molecule has 0 radical (unpaired) electrons. The van der Waals surface area contributed by atoms with Crippen LogP contribution in [0.1, 0.15) is 59.3 Å². The van der Waals surface area contributed by atoms with Gasteiger partial charge in [0.1, 0.15) is 5.54 Å². The van der Waals surface area contributed by atoms with Crippen molar-refractivity contribution in [2.45, 2.75) is 70.9 Å². The standard InChI is InChI=1S/C15H30N2O2/c1-4-16-15(3,14(18)19)10-8-12-17-11-7-5-6-9-13(17)2/h13,16H,4-12H2,1-3H3,(H,18,19). The molecular formula is C15H30N2O2. The Hall–Kier alpha value is -0.610. The summed E-state index contributed by atoms with van der Waals surface area (Å²) in [6, 6.07) is 0.651. The van der Waals surface area contributed by atoms with Crippen molar-refractivity contribution in [1.82, 2.24) is 10.2 Å². The van der Waals surface area contributed by atoms with Gasteiger partial charge >= 0.3 is 5.97 Å². The molecular weight excluding hydrogens is 240 g/mol. The van der Waals surface area contributed by atoms with Crippen LogP contribution in [0.25, 0.3) is 0 Å². The van der Waals surface area contributed by atoms with Crippen LogP contribution in [0.3, 0.4) is 0 Å². The minimum absolute atomic E-state index is 0.651.